The predicted octanol–water partition coefficient (Wildman–Crippen LogP) is 6.15. The Balaban J connectivity index is 1.87. The van der Waals surface area contributed by atoms with Crippen LogP contribution in [0.1, 0.15) is 16.7 Å². The van der Waals surface area contributed by atoms with Crippen molar-refractivity contribution in [3.05, 3.63) is 97.8 Å². The number of allylic oxidation sites excluding steroid dienone is 1. The highest BCUT2D eigenvalue weighted by molar-refractivity contribution is 9.10. The molecule has 0 bridgehead atoms. The summed E-state index contributed by atoms with van der Waals surface area (Å²) in [6, 6.07) is 17.3. The fourth-order valence-corrected chi connectivity index (χ4v) is 3.21. The van der Waals surface area contributed by atoms with Crippen LogP contribution >= 0.6 is 15.9 Å². The number of hydrogen-bond acceptors (Lipinski definition) is 5. The van der Waals surface area contributed by atoms with Crippen molar-refractivity contribution in [2.45, 2.75) is 6.61 Å². The first kappa shape index (κ1) is 22.0. The third-order valence-electron chi connectivity index (χ3n) is 4.40. The van der Waals surface area contributed by atoms with Gasteiger partial charge >= 0.3 is 0 Å². The molecule has 0 aliphatic heterocycles. The summed E-state index contributed by atoms with van der Waals surface area (Å²) in [6.45, 7) is 0.227. The van der Waals surface area contributed by atoms with Crippen LogP contribution in [-0.2, 0) is 6.61 Å². The Bertz CT molecular complexity index is 1170. The minimum absolute atomic E-state index is 0.0495. The monoisotopic (exact) mass is 482 g/mol. The molecule has 0 unspecified atom stereocenters. The fourth-order valence-electron chi connectivity index (χ4n) is 2.77. The highest BCUT2D eigenvalue weighted by Crippen LogP contribution is 2.36. The van der Waals surface area contributed by atoms with E-state index < -0.39 is 4.92 Å². The summed E-state index contributed by atoms with van der Waals surface area (Å²) in [5.74, 6) is 0.615. The van der Waals surface area contributed by atoms with E-state index in [1.165, 1.54) is 43.5 Å². The van der Waals surface area contributed by atoms with Crippen molar-refractivity contribution in [1.82, 2.24) is 0 Å². The average molecular weight is 483 g/mol. The SMILES string of the molecule is COc1cc(/C=C(/C#N)c2ccc([N+](=O)[O-])cc2)c(Br)cc1OCc1ccc(F)cc1. The molecule has 3 aromatic carbocycles. The lowest BCUT2D eigenvalue weighted by Crippen LogP contribution is -1.98. The van der Waals surface area contributed by atoms with Gasteiger partial charge in [-0.25, -0.2) is 4.39 Å². The second-order valence-corrected chi connectivity index (χ2v) is 7.27. The molecule has 0 heterocycles. The molecule has 0 aliphatic carbocycles. The minimum Gasteiger partial charge on any atom is -0.493 e. The van der Waals surface area contributed by atoms with Crippen LogP contribution in [0.5, 0.6) is 11.5 Å². The molecule has 0 fully saturated rings. The second kappa shape index (κ2) is 9.87. The molecule has 0 saturated heterocycles. The first-order chi connectivity index (χ1) is 14.9. The van der Waals surface area contributed by atoms with Gasteiger partial charge in [0.25, 0.3) is 5.69 Å². The van der Waals surface area contributed by atoms with Gasteiger partial charge in [0.1, 0.15) is 12.4 Å². The number of nitro groups is 1. The van der Waals surface area contributed by atoms with Crippen LogP contribution in [-0.4, -0.2) is 12.0 Å². The molecule has 3 aromatic rings. The summed E-state index contributed by atoms with van der Waals surface area (Å²) < 4.78 is 24.9. The highest BCUT2D eigenvalue weighted by atomic mass is 79.9. The lowest BCUT2D eigenvalue weighted by atomic mass is 10.0. The van der Waals surface area contributed by atoms with E-state index in [4.69, 9.17) is 9.47 Å². The van der Waals surface area contributed by atoms with Crippen molar-refractivity contribution in [2.75, 3.05) is 7.11 Å². The summed E-state index contributed by atoms with van der Waals surface area (Å²) in [7, 11) is 1.50. The molecule has 8 heteroatoms. The Morgan fingerprint density at radius 3 is 2.42 bits per heavy atom. The van der Waals surface area contributed by atoms with E-state index >= 15 is 0 Å². The molecular formula is C23H16BrFN2O4. The zero-order valence-electron chi connectivity index (χ0n) is 16.3. The molecule has 0 aliphatic rings. The summed E-state index contributed by atoms with van der Waals surface area (Å²) in [6.07, 6.45) is 1.65. The van der Waals surface area contributed by atoms with Gasteiger partial charge in [0.2, 0.25) is 0 Å². The van der Waals surface area contributed by atoms with E-state index in [2.05, 4.69) is 22.0 Å². The van der Waals surface area contributed by atoms with Gasteiger partial charge in [0.15, 0.2) is 11.5 Å². The van der Waals surface area contributed by atoms with Gasteiger partial charge in [0, 0.05) is 16.6 Å². The topological polar surface area (TPSA) is 85.4 Å². The number of nitrogens with zero attached hydrogens (tertiary/aromatic N) is 2. The Labute approximate surface area is 186 Å². The number of non-ortho nitro benzene ring substituents is 1. The summed E-state index contributed by atoms with van der Waals surface area (Å²) in [5, 5.41) is 20.4. The summed E-state index contributed by atoms with van der Waals surface area (Å²) in [5.41, 5.74) is 2.30. The minimum atomic E-state index is -0.494. The second-order valence-electron chi connectivity index (χ2n) is 6.41. The number of benzene rings is 3. The number of hydrogen-bond donors (Lipinski definition) is 0. The lowest BCUT2D eigenvalue weighted by Gasteiger charge is -2.13. The van der Waals surface area contributed by atoms with Crippen LogP contribution in [0.3, 0.4) is 0 Å². The van der Waals surface area contributed by atoms with Gasteiger partial charge < -0.3 is 9.47 Å². The van der Waals surface area contributed by atoms with Crippen LogP contribution in [0.15, 0.2) is 65.1 Å². The highest BCUT2D eigenvalue weighted by Gasteiger charge is 2.12. The standard InChI is InChI=1S/C23H16BrFN2O4/c1-30-22-11-17(10-18(13-26)16-4-8-20(9-5-16)27(28)29)21(24)12-23(22)31-14-15-2-6-19(25)7-3-15/h2-12H,14H2,1H3/b18-10-. The number of nitriles is 1. The van der Waals surface area contributed by atoms with Gasteiger partial charge in [-0.2, -0.15) is 5.26 Å². The van der Waals surface area contributed by atoms with Gasteiger partial charge in [-0.05, 0) is 59.2 Å². The van der Waals surface area contributed by atoms with Crippen molar-refractivity contribution >= 4 is 33.3 Å². The van der Waals surface area contributed by atoms with E-state index in [1.807, 2.05) is 0 Å². The van der Waals surface area contributed by atoms with Gasteiger partial charge in [-0.1, -0.05) is 28.1 Å². The van der Waals surface area contributed by atoms with Crippen LogP contribution in [0.25, 0.3) is 11.6 Å². The molecular weight excluding hydrogens is 467 g/mol. The largest absolute Gasteiger partial charge is 0.493 e. The molecule has 0 atom stereocenters. The van der Waals surface area contributed by atoms with Crippen LogP contribution in [0, 0.1) is 27.3 Å². The van der Waals surface area contributed by atoms with Gasteiger partial charge in [-0.3, -0.25) is 10.1 Å². The lowest BCUT2D eigenvalue weighted by molar-refractivity contribution is -0.384. The Kier molecular flexibility index (Phi) is 7.00. The molecule has 156 valence electrons. The molecule has 0 saturated carbocycles. The van der Waals surface area contributed by atoms with E-state index in [0.717, 1.165) is 5.56 Å². The fraction of sp³-hybridized carbons (Fsp3) is 0.0870. The Morgan fingerprint density at radius 1 is 1.16 bits per heavy atom. The third kappa shape index (κ3) is 5.47. The average Bonchev–Trinajstić information content (AvgIpc) is 2.78. The molecule has 0 N–H and O–H groups in total. The molecule has 0 spiro atoms. The smallest absolute Gasteiger partial charge is 0.269 e. The Hall–Kier alpha value is -3.70. The molecule has 6 nitrogen and oxygen atoms in total. The summed E-state index contributed by atoms with van der Waals surface area (Å²) >= 11 is 3.48. The van der Waals surface area contributed by atoms with Crippen molar-refractivity contribution in [2.24, 2.45) is 0 Å². The molecule has 31 heavy (non-hydrogen) atoms. The van der Waals surface area contributed by atoms with Crippen molar-refractivity contribution in [3.63, 3.8) is 0 Å². The maximum atomic E-state index is 13.1. The van der Waals surface area contributed by atoms with Crippen molar-refractivity contribution < 1.29 is 18.8 Å². The quantitative estimate of drug-likeness (QED) is 0.174. The van der Waals surface area contributed by atoms with Crippen LogP contribution < -0.4 is 9.47 Å². The van der Waals surface area contributed by atoms with Gasteiger partial charge in [-0.15, -0.1) is 0 Å². The predicted molar refractivity (Wildman–Crippen MR) is 118 cm³/mol. The number of rotatable bonds is 7. The van der Waals surface area contributed by atoms with E-state index in [9.17, 15) is 19.8 Å². The van der Waals surface area contributed by atoms with E-state index in [-0.39, 0.29) is 18.1 Å². The maximum absolute atomic E-state index is 13.1. The third-order valence-corrected chi connectivity index (χ3v) is 5.09. The number of methoxy groups -OCH3 is 1. The zero-order valence-corrected chi connectivity index (χ0v) is 17.9. The van der Waals surface area contributed by atoms with Crippen LogP contribution in [0.4, 0.5) is 10.1 Å². The van der Waals surface area contributed by atoms with Crippen molar-refractivity contribution in [3.8, 4) is 17.6 Å². The van der Waals surface area contributed by atoms with Crippen LogP contribution in [0.2, 0.25) is 0 Å². The first-order valence-electron chi connectivity index (χ1n) is 9.02. The molecule has 0 amide bonds. The van der Waals surface area contributed by atoms with Crippen molar-refractivity contribution in [1.29, 1.82) is 5.26 Å². The van der Waals surface area contributed by atoms with Gasteiger partial charge in [0.05, 0.1) is 23.7 Å². The van der Waals surface area contributed by atoms with E-state index in [1.54, 1.807) is 30.3 Å². The number of nitro benzene ring substituents is 1. The molecule has 0 radical (unpaired) electrons. The number of ether oxygens (including phenoxy) is 2. The maximum Gasteiger partial charge on any atom is 0.269 e. The summed E-state index contributed by atoms with van der Waals surface area (Å²) in [4.78, 5) is 10.3. The first-order valence-corrected chi connectivity index (χ1v) is 9.82. The molecule has 3 rings (SSSR count). The Morgan fingerprint density at radius 2 is 1.84 bits per heavy atom. The zero-order chi connectivity index (χ0) is 22.4. The number of halogens is 2. The molecule has 0 aromatic heterocycles. The van der Waals surface area contributed by atoms with E-state index in [0.29, 0.717) is 32.7 Å². The normalized spacial score (nSPS) is 11.0.